The van der Waals surface area contributed by atoms with Gasteiger partial charge in [-0.1, -0.05) is 75.0 Å². The average Bonchev–Trinajstić information content (AvgIpc) is 3.96. The molecule has 7 saturated carbocycles. The van der Waals surface area contributed by atoms with Crippen LogP contribution in [0, 0.1) is 75.9 Å². The summed E-state index contributed by atoms with van der Waals surface area (Å²) in [5.41, 5.74) is 7.35. The highest BCUT2D eigenvalue weighted by Crippen LogP contribution is 2.65. The first kappa shape index (κ1) is 44.7. The Morgan fingerprint density at radius 1 is 0.918 bits per heavy atom. The van der Waals surface area contributed by atoms with Crippen LogP contribution in [0.25, 0.3) is 0 Å². The lowest BCUT2D eigenvalue weighted by Crippen LogP contribution is -2.62. The molecule has 13 unspecified atom stereocenters. The van der Waals surface area contributed by atoms with Gasteiger partial charge in [-0.25, -0.2) is 4.39 Å². The molecule has 0 bridgehead atoms. The van der Waals surface area contributed by atoms with Crippen molar-refractivity contribution in [3.05, 3.63) is 59.8 Å². The third kappa shape index (κ3) is 8.81. The summed E-state index contributed by atoms with van der Waals surface area (Å²) in [7, 11) is 2.36. The Hall–Kier alpha value is -1.53. The Balaban J connectivity index is 0.865. The molecular formula is C56H87FN2O2. The highest BCUT2D eigenvalue weighted by Gasteiger charge is 2.58. The lowest BCUT2D eigenvalue weighted by atomic mass is 9.67. The largest absolute Gasteiger partial charge is 0.392 e. The summed E-state index contributed by atoms with van der Waals surface area (Å²) in [4.78, 5) is 2.67. The number of nitrogens with zero attached hydrogens (tertiary/aromatic N) is 1. The van der Waals surface area contributed by atoms with Crippen LogP contribution in [-0.2, 0) is 0 Å². The first-order valence-electron chi connectivity index (χ1n) is 25.9. The summed E-state index contributed by atoms with van der Waals surface area (Å²) in [6.45, 7) is 29.7. The molecule has 1 saturated heterocycles. The normalized spacial score (nSPS) is 40.5. The van der Waals surface area contributed by atoms with Crippen LogP contribution >= 0.6 is 0 Å². The first-order valence-corrected chi connectivity index (χ1v) is 25.9. The van der Waals surface area contributed by atoms with Gasteiger partial charge in [0.25, 0.3) is 0 Å². The lowest BCUT2D eigenvalue weighted by Gasteiger charge is -2.52. The van der Waals surface area contributed by atoms with Crippen molar-refractivity contribution >= 4 is 0 Å². The van der Waals surface area contributed by atoms with Crippen LogP contribution in [-0.4, -0.2) is 58.3 Å². The summed E-state index contributed by atoms with van der Waals surface area (Å²) in [6, 6.07) is 0.786. The summed E-state index contributed by atoms with van der Waals surface area (Å²) < 4.78 is 15.0. The number of nitrogens with one attached hydrogen (secondary N) is 1. The van der Waals surface area contributed by atoms with Crippen LogP contribution in [0.15, 0.2) is 59.8 Å². The molecule has 5 heteroatoms. The molecule has 4 nitrogen and oxygen atoms in total. The minimum atomic E-state index is -1.13. The Kier molecular flexibility index (Phi) is 12.2. The van der Waals surface area contributed by atoms with Crippen LogP contribution in [0.5, 0.6) is 0 Å². The average molecular weight is 839 g/mol. The number of hydrogen-bond donors (Lipinski definition) is 3. The van der Waals surface area contributed by atoms with E-state index in [-0.39, 0.29) is 29.0 Å². The van der Waals surface area contributed by atoms with Crippen LogP contribution in [0.2, 0.25) is 0 Å². The zero-order valence-electron chi connectivity index (χ0n) is 39.6. The highest BCUT2D eigenvalue weighted by atomic mass is 19.1. The summed E-state index contributed by atoms with van der Waals surface area (Å²) in [5, 5.41) is 28.0. The Morgan fingerprint density at radius 2 is 1.61 bits per heavy atom. The standard InChI is InChI=1S/C56H87FN2O2/c1-32-11-15-40-16-22-45(47(40)27-32)49-36(5)50(48-30-41(48)31-54(8,9)57)59(10)53(37(49)6)58-43-19-17-42(18-20-43)56(25-26-56)38(7)44(51(60)46-28-34(46)3)21-12-33(2)52(61)55(23-24-55)35(4)29-39-13-14-39/h32,34,37,39-44,46,48-53,58,60-61H,2,4-5,7,11-31H2,1,3,6,8-10H3. The molecule has 9 aliphatic rings. The number of aliphatic hydroxyl groups excluding tert-OH is 2. The molecular weight excluding hydrogens is 752 g/mol. The van der Waals surface area contributed by atoms with Crippen molar-refractivity contribution in [1.29, 1.82) is 0 Å². The monoisotopic (exact) mass is 839 g/mol. The molecule has 8 fully saturated rings. The lowest BCUT2D eigenvalue weighted by molar-refractivity contribution is 0.0323. The van der Waals surface area contributed by atoms with E-state index in [0.29, 0.717) is 59.9 Å². The third-order valence-corrected chi connectivity index (χ3v) is 19.7. The number of halogens is 1. The van der Waals surface area contributed by atoms with Crippen LogP contribution < -0.4 is 5.32 Å². The fourth-order valence-corrected chi connectivity index (χ4v) is 15.2. The topological polar surface area (TPSA) is 55.7 Å². The second-order valence-electron chi connectivity index (χ2n) is 24.6. The number of hydrogen-bond acceptors (Lipinski definition) is 4. The van der Waals surface area contributed by atoms with Gasteiger partial charge in [0.1, 0.15) is 5.67 Å². The number of piperidine rings is 1. The van der Waals surface area contributed by atoms with E-state index in [0.717, 1.165) is 68.3 Å². The number of likely N-dealkylation sites (N-methyl/N-ethyl adjacent to an activating group) is 1. The number of fused-ring (bicyclic) bond motifs is 1. The molecule has 1 heterocycles. The van der Waals surface area contributed by atoms with Gasteiger partial charge >= 0.3 is 0 Å². The summed E-state index contributed by atoms with van der Waals surface area (Å²) in [5.74, 6) is 5.78. The van der Waals surface area contributed by atoms with Crippen LogP contribution in [0.1, 0.15) is 169 Å². The smallest absolute Gasteiger partial charge is 0.105 e. The quantitative estimate of drug-likeness (QED) is 0.113. The molecule has 0 radical (unpaired) electrons. The van der Waals surface area contributed by atoms with Crippen molar-refractivity contribution in [3.63, 3.8) is 0 Å². The second-order valence-corrected chi connectivity index (χ2v) is 24.6. The molecule has 9 rings (SSSR count). The Morgan fingerprint density at radius 3 is 2.21 bits per heavy atom. The molecule has 3 N–H and O–H groups in total. The van der Waals surface area contributed by atoms with E-state index in [1.54, 1.807) is 25.0 Å². The van der Waals surface area contributed by atoms with E-state index in [1.807, 2.05) is 0 Å². The van der Waals surface area contributed by atoms with Crippen LogP contribution in [0.4, 0.5) is 4.39 Å². The van der Waals surface area contributed by atoms with Crippen molar-refractivity contribution in [3.8, 4) is 0 Å². The van der Waals surface area contributed by atoms with Gasteiger partial charge in [-0.15, -0.1) is 0 Å². The fourth-order valence-electron chi connectivity index (χ4n) is 15.2. The number of aliphatic hydroxyl groups is 2. The van der Waals surface area contributed by atoms with Gasteiger partial charge in [0, 0.05) is 29.3 Å². The Bertz CT molecular complexity index is 1730. The molecule has 0 amide bonds. The van der Waals surface area contributed by atoms with Crippen molar-refractivity contribution in [2.24, 2.45) is 75.9 Å². The molecule has 0 aromatic heterocycles. The SMILES string of the molecule is C=C1C(C2=C3CC(C)CCC3CC2)C(C)C(NC2CCC(C3(C(=C)C(CCC(=C)C(O)C4(C(=C)CC5CC5)CC4)C(O)C4CC4C)CC3)CC2)N(C)C1C1CC1CC(C)(C)F. The highest BCUT2D eigenvalue weighted by molar-refractivity contribution is 5.37. The molecule has 61 heavy (non-hydrogen) atoms. The molecule has 0 aromatic rings. The maximum absolute atomic E-state index is 15.0. The summed E-state index contributed by atoms with van der Waals surface area (Å²) in [6.07, 6.45) is 23.4. The maximum Gasteiger partial charge on any atom is 0.105 e. The van der Waals surface area contributed by atoms with Gasteiger partial charge in [-0.2, -0.15) is 0 Å². The van der Waals surface area contributed by atoms with Gasteiger partial charge in [-0.05, 0) is 220 Å². The van der Waals surface area contributed by atoms with E-state index < -0.39 is 11.8 Å². The van der Waals surface area contributed by atoms with E-state index in [4.69, 9.17) is 13.2 Å². The molecule has 0 spiro atoms. The number of allylic oxidation sites excluding steroid dienone is 2. The Labute approximate surface area is 371 Å². The van der Waals surface area contributed by atoms with Gasteiger partial charge in [0.15, 0.2) is 0 Å². The van der Waals surface area contributed by atoms with Crippen molar-refractivity contribution in [2.45, 2.75) is 206 Å². The van der Waals surface area contributed by atoms with Crippen molar-refractivity contribution < 1.29 is 14.6 Å². The van der Waals surface area contributed by atoms with E-state index >= 15 is 4.39 Å². The van der Waals surface area contributed by atoms with Gasteiger partial charge in [-0.3, -0.25) is 10.2 Å². The van der Waals surface area contributed by atoms with Gasteiger partial charge < -0.3 is 10.2 Å². The van der Waals surface area contributed by atoms with E-state index in [9.17, 15) is 10.2 Å². The zero-order chi connectivity index (χ0) is 43.3. The summed E-state index contributed by atoms with van der Waals surface area (Å²) >= 11 is 0. The number of rotatable bonds is 19. The minimum absolute atomic E-state index is 0.0627. The van der Waals surface area contributed by atoms with E-state index in [2.05, 4.69) is 51.2 Å². The van der Waals surface area contributed by atoms with Crippen molar-refractivity contribution in [2.75, 3.05) is 7.05 Å². The molecule has 13 atom stereocenters. The predicted molar refractivity (Wildman–Crippen MR) is 250 cm³/mol. The predicted octanol–water partition coefficient (Wildman–Crippen LogP) is 12.7. The first-order chi connectivity index (χ1) is 28.9. The third-order valence-electron chi connectivity index (χ3n) is 19.7. The van der Waals surface area contributed by atoms with Crippen molar-refractivity contribution in [1.82, 2.24) is 10.2 Å². The number of likely N-dealkylation sites (tertiary alicyclic amines) is 1. The number of alkyl halides is 1. The fraction of sp³-hybridized carbons (Fsp3) is 0.821. The molecule has 1 aliphatic heterocycles. The molecule has 340 valence electrons. The second kappa shape index (κ2) is 16.7. The minimum Gasteiger partial charge on any atom is -0.392 e. The molecule has 0 aromatic carbocycles. The zero-order valence-corrected chi connectivity index (χ0v) is 39.6. The van der Waals surface area contributed by atoms with Crippen LogP contribution in [0.3, 0.4) is 0 Å². The maximum atomic E-state index is 15.0. The van der Waals surface area contributed by atoms with Gasteiger partial charge in [0.05, 0.1) is 18.4 Å². The van der Waals surface area contributed by atoms with Gasteiger partial charge in [0.2, 0.25) is 0 Å². The molecule has 8 aliphatic carbocycles. The van der Waals surface area contributed by atoms with E-state index in [1.165, 1.54) is 100 Å².